The minimum absolute atomic E-state index is 0.162. The van der Waals surface area contributed by atoms with E-state index in [1.54, 1.807) is 11.8 Å². The topological polar surface area (TPSA) is 86.1 Å². The van der Waals surface area contributed by atoms with Crippen LogP contribution in [0.2, 0.25) is 0 Å². The second kappa shape index (κ2) is 10.2. The summed E-state index contributed by atoms with van der Waals surface area (Å²) in [4.78, 5) is 29.3. The van der Waals surface area contributed by atoms with Gasteiger partial charge in [0.1, 0.15) is 5.60 Å². The summed E-state index contributed by atoms with van der Waals surface area (Å²) in [5.74, 6) is -0.310. The fourth-order valence-electron chi connectivity index (χ4n) is 3.27. The van der Waals surface area contributed by atoms with E-state index in [9.17, 15) is 14.9 Å². The maximum Gasteiger partial charge on any atom is 0.410 e. The Balaban J connectivity index is 1.98. The van der Waals surface area contributed by atoms with Gasteiger partial charge in [-0.15, -0.1) is 0 Å². The van der Waals surface area contributed by atoms with Crippen molar-refractivity contribution in [3.8, 4) is 6.19 Å². The summed E-state index contributed by atoms with van der Waals surface area (Å²) in [5.41, 5.74) is 2.27. The normalized spacial score (nSPS) is 14.1. The minimum atomic E-state index is -0.499. The van der Waals surface area contributed by atoms with Crippen molar-refractivity contribution in [2.24, 2.45) is 0 Å². The van der Waals surface area contributed by atoms with Gasteiger partial charge in [0.25, 0.3) is 0 Å². The molecule has 1 fully saturated rings. The summed E-state index contributed by atoms with van der Waals surface area (Å²) in [5, 5.41) is 9.49. The lowest BCUT2D eigenvalue weighted by Crippen LogP contribution is -2.50. The highest BCUT2D eigenvalue weighted by atomic mass is 16.6. The van der Waals surface area contributed by atoms with Gasteiger partial charge in [-0.2, -0.15) is 5.26 Å². The van der Waals surface area contributed by atoms with E-state index in [0.717, 1.165) is 16.9 Å². The van der Waals surface area contributed by atoms with E-state index < -0.39 is 5.60 Å². The Hall–Kier alpha value is -2.95. The van der Waals surface area contributed by atoms with Gasteiger partial charge in [-0.1, -0.05) is 0 Å². The molecule has 1 amide bonds. The fourth-order valence-corrected chi connectivity index (χ4v) is 3.27. The summed E-state index contributed by atoms with van der Waals surface area (Å²) in [7, 11) is 0. The van der Waals surface area contributed by atoms with Crippen LogP contribution in [-0.2, 0) is 14.3 Å². The molecule has 1 aromatic carbocycles. The molecule has 1 aromatic rings. The van der Waals surface area contributed by atoms with Crippen LogP contribution in [0, 0.1) is 18.4 Å². The largest absolute Gasteiger partial charge is 0.466 e. The molecule has 8 nitrogen and oxygen atoms in total. The number of ether oxygens (including phenoxy) is 2. The van der Waals surface area contributed by atoms with Gasteiger partial charge in [-0.05, 0) is 58.4 Å². The molecule has 2 rings (SSSR count). The predicted octanol–water partition coefficient (Wildman–Crippen LogP) is 3.29. The number of amides is 1. The third-order valence-corrected chi connectivity index (χ3v) is 4.73. The van der Waals surface area contributed by atoms with Crippen molar-refractivity contribution in [3.63, 3.8) is 0 Å². The third kappa shape index (κ3) is 6.55. The number of hydrogen-bond donors (Lipinski definition) is 0. The van der Waals surface area contributed by atoms with Crippen molar-refractivity contribution in [3.05, 3.63) is 23.8 Å². The first kappa shape index (κ1) is 23.3. The molecule has 0 atom stereocenters. The maximum absolute atomic E-state index is 12.2. The van der Waals surface area contributed by atoms with E-state index in [2.05, 4.69) is 11.1 Å². The molecule has 164 valence electrons. The van der Waals surface area contributed by atoms with E-state index in [0.29, 0.717) is 32.8 Å². The summed E-state index contributed by atoms with van der Waals surface area (Å²) in [6.45, 7) is 12.5. The van der Waals surface area contributed by atoms with Crippen molar-refractivity contribution in [2.75, 3.05) is 49.1 Å². The Morgan fingerprint density at radius 2 is 1.87 bits per heavy atom. The minimum Gasteiger partial charge on any atom is -0.466 e. The third-order valence-electron chi connectivity index (χ3n) is 4.73. The SMILES string of the molecule is CCOC(=O)CCN(C#N)c1ccc(N2CCN(C(=O)OC(C)(C)C)CC2)cc1C. The molecule has 0 radical (unpaired) electrons. The van der Waals surface area contributed by atoms with Crippen molar-refractivity contribution in [1.82, 2.24) is 4.90 Å². The van der Waals surface area contributed by atoms with Gasteiger partial charge in [0.05, 0.1) is 18.7 Å². The van der Waals surface area contributed by atoms with Crippen molar-refractivity contribution < 1.29 is 19.1 Å². The van der Waals surface area contributed by atoms with Crippen molar-refractivity contribution in [1.29, 1.82) is 5.26 Å². The molecule has 1 heterocycles. The molecule has 30 heavy (non-hydrogen) atoms. The van der Waals surface area contributed by atoms with Gasteiger partial charge >= 0.3 is 12.1 Å². The van der Waals surface area contributed by atoms with E-state index in [1.165, 1.54) is 4.90 Å². The second-order valence-corrected chi connectivity index (χ2v) is 8.23. The first-order chi connectivity index (χ1) is 14.1. The monoisotopic (exact) mass is 416 g/mol. The zero-order valence-corrected chi connectivity index (χ0v) is 18.6. The molecule has 1 aliphatic rings. The van der Waals surface area contributed by atoms with Gasteiger partial charge in [0, 0.05) is 38.4 Å². The van der Waals surface area contributed by atoms with Gasteiger partial charge in [-0.25, -0.2) is 4.79 Å². The lowest BCUT2D eigenvalue weighted by molar-refractivity contribution is -0.142. The average Bonchev–Trinajstić information content (AvgIpc) is 2.68. The molecule has 0 aliphatic carbocycles. The summed E-state index contributed by atoms with van der Waals surface area (Å²) >= 11 is 0. The Bertz CT molecular complexity index is 789. The number of piperazine rings is 1. The fraction of sp³-hybridized carbons (Fsp3) is 0.591. The van der Waals surface area contributed by atoms with Crippen LogP contribution in [0.15, 0.2) is 18.2 Å². The average molecular weight is 417 g/mol. The lowest BCUT2D eigenvalue weighted by Gasteiger charge is -2.37. The molecule has 0 N–H and O–H groups in total. The number of carbonyl (C=O) groups excluding carboxylic acids is 2. The Morgan fingerprint density at radius 1 is 1.20 bits per heavy atom. The molecule has 8 heteroatoms. The zero-order chi connectivity index (χ0) is 22.3. The Morgan fingerprint density at radius 3 is 2.40 bits per heavy atom. The molecule has 0 aromatic heterocycles. The lowest BCUT2D eigenvalue weighted by atomic mass is 10.1. The molecule has 0 unspecified atom stereocenters. The Labute approximate surface area is 178 Å². The first-order valence-corrected chi connectivity index (χ1v) is 10.3. The second-order valence-electron chi connectivity index (χ2n) is 8.23. The van der Waals surface area contributed by atoms with Crippen LogP contribution >= 0.6 is 0 Å². The molecule has 1 saturated heterocycles. The van der Waals surface area contributed by atoms with Crippen LogP contribution in [0.1, 0.15) is 39.7 Å². The molecule has 1 aliphatic heterocycles. The molecular formula is C22H32N4O4. The van der Waals surface area contributed by atoms with Gasteiger partial charge < -0.3 is 19.3 Å². The summed E-state index contributed by atoms with van der Waals surface area (Å²) in [6, 6.07) is 5.91. The highest BCUT2D eigenvalue weighted by molar-refractivity contribution is 5.71. The number of benzene rings is 1. The van der Waals surface area contributed by atoms with Gasteiger partial charge in [0.15, 0.2) is 6.19 Å². The smallest absolute Gasteiger partial charge is 0.410 e. The van der Waals surface area contributed by atoms with E-state index in [4.69, 9.17) is 9.47 Å². The number of carbonyl (C=O) groups is 2. The van der Waals surface area contributed by atoms with Gasteiger partial charge in [0.2, 0.25) is 0 Å². The standard InChI is InChI=1S/C22H32N4O4/c1-6-29-20(27)9-10-26(16-23)19-8-7-18(15-17(19)2)24-11-13-25(14-12-24)21(28)30-22(3,4)5/h7-8,15H,6,9-14H2,1-5H3. The number of nitriles is 1. The number of nitrogens with zero attached hydrogens (tertiary/aromatic N) is 4. The quantitative estimate of drug-likeness (QED) is 0.399. The highest BCUT2D eigenvalue weighted by Gasteiger charge is 2.26. The molecule has 0 bridgehead atoms. The van der Waals surface area contributed by atoms with Crippen molar-refractivity contribution in [2.45, 2.75) is 46.6 Å². The first-order valence-electron chi connectivity index (χ1n) is 10.3. The molecular weight excluding hydrogens is 384 g/mol. The summed E-state index contributed by atoms with van der Waals surface area (Å²) < 4.78 is 10.4. The molecule has 0 spiro atoms. The van der Waals surface area contributed by atoms with Gasteiger partial charge in [-0.3, -0.25) is 9.69 Å². The molecule has 0 saturated carbocycles. The number of hydrogen-bond acceptors (Lipinski definition) is 7. The van der Waals surface area contributed by atoms with Crippen LogP contribution in [0.5, 0.6) is 0 Å². The van der Waals surface area contributed by atoms with Crippen molar-refractivity contribution >= 4 is 23.4 Å². The number of aryl methyl sites for hydroxylation is 1. The van der Waals surface area contributed by atoms with E-state index >= 15 is 0 Å². The number of anilines is 2. The van der Waals surface area contributed by atoms with Crippen LogP contribution < -0.4 is 9.80 Å². The number of rotatable bonds is 6. The van der Waals surface area contributed by atoms with Crippen LogP contribution in [-0.4, -0.2) is 61.9 Å². The zero-order valence-electron chi connectivity index (χ0n) is 18.6. The Kier molecular flexibility index (Phi) is 7.93. The highest BCUT2D eigenvalue weighted by Crippen LogP contribution is 2.26. The maximum atomic E-state index is 12.2. The summed E-state index contributed by atoms with van der Waals surface area (Å²) in [6.07, 6.45) is 2.03. The van der Waals surface area contributed by atoms with Crippen LogP contribution in [0.3, 0.4) is 0 Å². The van der Waals surface area contributed by atoms with Crippen LogP contribution in [0.25, 0.3) is 0 Å². The predicted molar refractivity (Wildman–Crippen MR) is 115 cm³/mol. The van der Waals surface area contributed by atoms with E-state index in [-0.39, 0.29) is 25.0 Å². The van der Waals surface area contributed by atoms with Crippen LogP contribution in [0.4, 0.5) is 16.2 Å². The number of esters is 1. The van der Waals surface area contributed by atoms with E-state index in [1.807, 2.05) is 45.9 Å².